The summed E-state index contributed by atoms with van der Waals surface area (Å²) in [6.07, 6.45) is 15.1. The Morgan fingerprint density at radius 2 is 1.75 bits per heavy atom. The van der Waals surface area contributed by atoms with Gasteiger partial charge in [0.15, 0.2) is 0 Å². The molecule has 0 spiro atoms. The number of nitrogens with two attached hydrogens (primary N) is 1. The second kappa shape index (κ2) is 9.88. The Bertz CT molecular complexity index is 594. The van der Waals surface area contributed by atoms with Crippen molar-refractivity contribution >= 4 is 11.8 Å². The van der Waals surface area contributed by atoms with E-state index in [2.05, 4.69) is 26.2 Å². The van der Waals surface area contributed by atoms with Gasteiger partial charge in [0.1, 0.15) is 5.82 Å². The molecule has 6 nitrogen and oxygen atoms in total. The summed E-state index contributed by atoms with van der Waals surface area (Å²) in [5, 5.41) is 3.69. The van der Waals surface area contributed by atoms with Crippen LogP contribution in [0.2, 0.25) is 0 Å². The molecule has 4 rings (SSSR count). The van der Waals surface area contributed by atoms with Crippen molar-refractivity contribution in [3.63, 3.8) is 0 Å². The average Bonchev–Trinajstić information content (AvgIpc) is 2.94. The van der Waals surface area contributed by atoms with Crippen LogP contribution in [0.1, 0.15) is 64.2 Å². The van der Waals surface area contributed by atoms with Gasteiger partial charge in [0.05, 0.1) is 0 Å². The lowest BCUT2D eigenvalue weighted by molar-refractivity contribution is 0.184. The molecule has 1 saturated carbocycles. The van der Waals surface area contributed by atoms with E-state index in [1.807, 2.05) is 6.20 Å². The van der Waals surface area contributed by atoms with Crippen LogP contribution < -0.4 is 16.0 Å². The van der Waals surface area contributed by atoms with Gasteiger partial charge in [-0.15, -0.1) is 0 Å². The Hall–Kier alpha value is -1.40. The van der Waals surface area contributed by atoms with Crippen molar-refractivity contribution in [3.8, 4) is 0 Å². The molecule has 2 saturated heterocycles. The first-order valence-corrected chi connectivity index (χ1v) is 11.6. The van der Waals surface area contributed by atoms with Gasteiger partial charge in [-0.25, -0.2) is 4.98 Å². The van der Waals surface area contributed by atoms with E-state index in [-0.39, 0.29) is 0 Å². The molecule has 156 valence electrons. The fourth-order valence-corrected chi connectivity index (χ4v) is 5.38. The highest BCUT2D eigenvalue weighted by Gasteiger charge is 2.36. The molecular weight excluding hydrogens is 348 g/mol. The Morgan fingerprint density at radius 3 is 2.50 bits per heavy atom. The maximum absolute atomic E-state index is 5.94. The molecule has 0 amide bonds. The van der Waals surface area contributed by atoms with Crippen molar-refractivity contribution in [1.82, 2.24) is 14.9 Å². The van der Waals surface area contributed by atoms with Gasteiger partial charge in [-0.1, -0.05) is 32.1 Å². The quantitative estimate of drug-likeness (QED) is 0.782. The second-order valence-corrected chi connectivity index (χ2v) is 8.97. The molecule has 3 heterocycles. The van der Waals surface area contributed by atoms with Gasteiger partial charge in [-0.3, -0.25) is 4.90 Å². The normalized spacial score (nSPS) is 27.7. The zero-order valence-electron chi connectivity index (χ0n) is 17.4. The molecule has 28 heavy (non-hydrogen) atoms. The standard InChI is InChI=1S/C22H38N6/c23-12-10-18-16-28(19-8-4-3-5-9-19)17-20(18)25-22-24-13-11-21(26-22)27-14-6-1-2-7-15-27/h11,13,18-20H,1-10,12,14-17,23H2,(H,24,25,26)/t18-,20+/m1/s1. The highest BCUT2D eigenvalue weighted by molar-refractivity contribution is 5.43. The van der Waals surface area contributed by atoms with Gasteiger partial charge in [-0.2, -0.15) is 4.98 Å². The lowest BCUT2D eigenvalue weighted by Crippen LogP contribution is -2.36. The maximum atomic E-state index is 5.94. The molecule has 0 aromatic carbocycles. The Morgan fingerprint density at radius 1 is 1.00 bits per heavy atom. The molecule has 3 N–H and O–H groups in total. The lowest BCUT2D eigenvalue weighted by Gasteiger charge is -2.31. The van der Waals surface area contributed by atoms with Gasteiger partial charge in [0, 0.05) is 44.5 Å². The highest BCUT2D eigenvalue weighted by atomic mass is 15.3. The number of nitrogens with zero attached hydrogens (tertiary/aromatic N) is 4. The van der Waals surface area contributed by atoms with E-state index in [0.717, 1.165) is 50.4 Å². The molecule has 0 radical (unpaired) electrons. The maximum Gasteiger partial charge on any atom is 0.224 e. The van der Waals surface area contributed by atoms with E-state index < -0.39 is 0 Å². The smallest absolute Gasteiger partial charge is 0.224 e. The molecule has 1 aromatic rings. The molecule has 0 bridgehead atoms. The molecule has 2 aliphatic heterocycles. The fraction of sp³-hybridized carbons (Fsp3) is 0.818. The lowest BCUT2D eigenvalue weighted by atomic mass is 9.94. The van der Waals surface area contributed by atoms with Crippen LogP contribution in [-0.2, 0) is 0 Å². The summed E-state index contributed by atoms with van der Waals surface area (Å²) < 4.78 is 0. The van der Waals surface area contributed by atoms with Gasteiger partial charge in [-0.05, 0) is 50.6 Å². The minimum Gasteiger partial charge on any atom is -0.356 e. The number of rotatable bonds is 6. The summed E-state index contributed by atoms with van der Waals surface area (Å²) in [4.78, 5) is 14.6. The molecule has 3 fully saturated rings. The Kier molecular flexibility index (Phi) is 7.02. The molecule has 2 atom stereocenters. The van der Waals surface area contributed by atoms with E-state index in [0.29, 0.717) is 12.0 Å². The summed E-state index contributed by atoms with van der Waals surface area (Å²) in [6.45, 7) is 5.27. The number of nitrogens with one attached hydrogen (secondary N) is 1. The van der Waals surface area contributed by atoms with E-state index in [9.17, 15) is 0 Å². The largest absolute Gasteiger partial charge is 0.356 e. The van der Waals surface area contributed by atoms with Gasteiger partial charge in [0.25, 0.3) is 0 Å². The minimum atomic E-state index is 0.407. The first kappa shape index (κ1) is 19.9. The van der Waals surface area contributed by atoms with Crippen molar-refractivity contribution in [1.29, 1.82) is 0 Å². The van der Waals surface area contributed by atoms with Crippen LogP contribution in [0.25, 0.3) is 0 Å². The fourth-order valence-electron chi connectivity index (χ4n) is 5.38. The van der Waals surface area contributed by atoms with E-state index in [1.54, 1.807) is 0 Å². The third kappa shape index (κ3) is 4.95. The monoisotopic (exact) mass is 386 g/mol. The first-order chi connectivity index (χ1) is 13.8. The number of hydrogen-bond donors (Lipinski definition) is 2. The predicted octanol–water partition coefficient (Wildman–Crippen LogP) is 3.25. The average molecular weight is 387 g/mol. The van der Waals surface area contributed by atoms with Crippen molar-refractivity contribution in [2.45, 2.75) is 76.3 Å². The number of aromatic nitrogens is 2. The summed E-state index contributed by atoms with van der Waals surface area (Å²) in [7, 11) is 0. The van der Waals surface area contributed by atoms with Crippen molar-refractivity contribution in [2.24, 2.45) is 11.7 Å². The summed E-state index contributed by atoms with van der Waals surface area (Å²) in [5.74, 6) is 2.47. The first-order valence-electron chi connectivity index (χ1n) is 11.6. The molecule has 1 aliphatic carbocycles. The van der Waals surface area contributed by atoms with Crippen LogP contribution >= 0.6 is 0 Å². The predicted molar refractivity (Wildman–Crippen MR) is 116 cm³/mol. The minimum absolute atomic E-state index is 0.407. The van der Waals surface area contributed by atoms with E-state index in [4.69, 9.17) is 10.7 Å². The molecular formula is C22H38N6. The highest BCUT2D eigenvalue weighted by Crippen LogP contribution is 2.30. The van der Waals surface area contributed by atoms with Crippen molar-refractivity contribution < 1.29 is 0 Å². The molecule has 6 heteroatoms. The van der Waals surface area contributed by atoms with Crippen molar-refractivity contribution in [3.05, 3.63) is 12.3 Å². The van der Waals surface area contributed by atoms with Crippen molar-refractivity contribution in [2.75, 3.05) is 42.9 Å². The van der Waals surface area contributed by atoms with Crippen LogP contribution in [0, 0.1) is 5.92 Å². The van der Waals surface area contributed by atoms with E-state index in [1.165, 1.54) is 64.3 Å². The zero-order chi connectivity index (χ0) is 19.2. The third-order valence-corrected chi connectivity index (χ3v) is 6.98. The van der Waals surface area contributed by atoms with Gasteiger partial charge >= 0.3 is 0 Å². The van der Waals surface area contributed by atoms with Crippen LogP contribution in [-0.4, -0.2) is 59.7 Å². The van der Waals surface area contributed by atoms with Crippen LogP contribution in [0.15, 0.2) is 12.3 Å². The van der Waals surface area contributed by atoms with Crippen LogP contribution in [0.5, 0.6) is 0 Å². The second-order valence-electron chi connectivity index (χ2n) is 8.97. The topological polar surface area (TPSA) is 70.3 Å². The van der Waals surface area contributed by atoms with Crippen LogP contribution in [0.4, 0.5) is 11.8 Å². The zero-order valence-corrected chi connectivity index (χ0v) is 17.4. The molecule has 3 aliphatic rings. The molecule has 0 unspecified atom stereocenters. The summed E-state index contributed by atoms with van der Waals surface area (Å²) in [5.41, 5.74) is 5.94. The number of anilines is 2. The van der Waals surface area contributed by atoms with Crippen LogP contribution in [0.3, 0.4) is 0 Å². The summed E-state index contributed by atoms with van der Waals surface area (Å²) in [6, 6.07) is 3.24. The summed E-state index contributed by atoms with van der Waals surface area (Å²) >= 11 is 0. The van der Waals surface area contributed by atoms with Gasteiger partial charge in [0.2, 0.25) is 5.95 Å². The van der Waals surface area contributed by atoms with Gasteiger partial charge < -0.3 is 16.0 Å². The third-order valence-electron chi connectivity index (χ3n) is 6.98. The number of likely N-dealkylation sites (tertiary alicyclic amines) is 1. The Labute approximate surface area is 170 Å². The number of hydrogen-bond acceptors (Lipinski definition) is 6. The Balaban J connectivity index is 1.42. The molecule has 1 aromatic heterocycles. The van der Waals surface area contributed by atoms with E-state index >= 15 is 0 Å². The SMILES string of the molecule is NCC[C@@H]1CN(C2CCCCC2)C[C@@H]1Nc1nccc(N2CCCCCC2)n1.